The summed E-state index contributed by atoms with van der Waals surface area (Å²) in [4.78, 5) is 27.4. The number of carboxylic acid groups (broad SMARTS) is 1. The highest BCUT2D eigenvalue weighted by Crippen LogP contribution is 2.30. The van der Waals surface area contributed by atoms with Crippen LogP contribution in [-0.4, -0.2) is 39.1 Å². The summed E-state index contributed by atoms with van der Waals surface area (Å²) in [6.07, 6.45) is -0.918. The highest BCUT2D eigenvalue weighted by molar-refractivity contribution is 6.21. The lowest BCUT2D eigenvalue weighted by Gasteiger charge is -2.23. The molecule has 1 rings (SSSR count). The number of rotatable bonds is 5. The molecule has 8 heteroatoms. The molecule has 120 valence electrons. The first kappa shape index (κ1) is 17.3. The Hall–Kier alpha value is -2.77. The highest BCUT2D eigenvalue weighted by atomic mass is 16.7. The van der Waals surface area contributed by atoms with Crippen molar-refractivity contribution in [1.29, 1.82) is 0 Å². The summed E-state index contributed by atoms with van der Waals surface area (Å²) in [6.45, 7) is 4.95. The van der Waals surface area contributed by atoms with Crippen molar-refractivity contribution in [3.05, 3.63) is 23.8 Å². The van der Waals surface area contributed by atoms with Crippen LogP contribution in [0.4, 0.5) is 0 Å². The van der Waals surface area contributed by atoms with E-state index >= 15 is 0 Å². The summed E-state index contributed by atoms with van der Waals surface area (Å²) in [5.41, 5.74) is -0.652. The lowest BCUT2D eigenvalue weighted by molar-refractivity contribution is -0.169. The molecule has 1 atom stereocenters. The van der Waals surface area contributed by atoms with Gasteiger partial charge in [0.15, 0.2) is 17.7 Å². The summed E-state index contributed by atoms with van der Waals surface area (Å²) in [7, 11) is 0. The number of carbonyl (C=O) groups excluding carboxylic acids is 1. The molecule has 8 nitrogen and oxygen atoms in total. The van der Waals surface area contributed by atoms with Gasteiger partial charge in [-0.3, -0.25) is 0 Å². The average molecular weight is 311 g/mol. The summed E-state index contributed by atoms with van der Waals surface area (Å²) < 4.78 is 5.15. The van der Waals surface area contributed by atoms with Crippen molar-refractivity contribution >= 4 is 18.2 Å². The standard InChI is InChI=1S/C14H17NO7/c1-14(2,3)21-13(20)12(22-15-7-11(18)19)8-4-5-9(16)10(17)6-8/h4-7,12,16-17H,1-3H3,(H,18,19). The van der Waals surface area contributed by atoms with Crippen LogP contribution in [0.1, 0.15) is 32.4 Å². The van der Waals surface area contributed by atoms with E-state index in [1.54, 1.807) is 20.8 Å². The average Bonchev–Trinajstić information content (AvgIpc) is 2.35. The third kappa shape index (κ3) is 5.31. The van der Waals surface area contributed by atoms with Gasteiger partial charge in [0.2, 0.25) is 6.10 Å². The lowest BCUT2D eigenvalue weighted by atomic mass is 10.1. The minimum Gasteiger partial charge on any atom is -0.504 e. The summed E-state index contributed by atoms with van der Waals surface area (Å²) in [5, 5.41) is 30.4. The number of esters is 1. The van der Waals surface area contributed by atoms with Crippen molar-refractivity contribution in [2.24, 2.45) is 5.16 Å². The Labute approximate surface area is 126 Å². The first-order chi connectivity index (χ1) is 10.1. The normalized spacial score (nSPS) is 12.9. The minimum atomic E-state index is -1.39. The van der Waals surface area contributed by atoms with Crippen LogP contribution in [0.5, 0.6) is 11.5 Å². The maximum atomic E-state index is 12.1. The molecule has 0 aliphatic rings. The van der Waals surface area contributed by atoms with Crippen LogP contribution in [0.2, 0.25) is 0 Å². The molecule has 0 radical (unpaired) electrons. The van der Waals surface area contributed by atoms with Crippen LogP contribution in [0.15, 0.2) is 23.4 Å². The molecule has 1 unspecified atom stereocenters. The van der Waals surface area contributed by atoms with Gasteiger partial charge in [-0.2, -0.15) is 0 Å². The Kier molecular flexibility index (Phi) is 5.33. The van der Waals surface area contributed by atoms with Crippen molar-refractivity contribution in [3.63, 3.8) is 0 Å². The van der Waals surface area contributed by atoms with Crippen LogP contribution in [0.3, 0.4) is 0 Å². The third-order valence-electron chi connectivity index (χ3n) is 2.25. The molecule has 22 heavy (non-hydrogen) atoms. The smallest absolute Gasteiger partial charge is 0.355 e. The number of carbonyl (C=O) groups is 2. The minimum absolute atomic E-state index is 0.145. The molecule has 0 heterocycles. The first-order valence-electron chi connectivity index (χ1n) is 6.27. The fraction of sp³-hybridized carbons (Fsp3) is 0.357. The number of hydrogen-bond donors (Lipinski definition) is 3. The van der Waals surface area contributed by atoms with E-state index in [2.05, 4.69) is 5.16 Å². The largest absolute Gasteiger partial charge is 0.504 e. The van der Waals surface area contributed by atoms with Crippen molar-refractivity contribution in [3.8, 4) is 11.5 Å². The lowest BCUT2D eigenvalue weighted by Crippen LogP contribution is -2.28. The molecule has 0 amide bonds. The molecule has 0 spiro atoms. The topological polar surface area (TPSA) is 126 Å². The van der Waals surface area contributed by atoms with E-state index in [4.69, 9.17) is 14.7 Å². The summed E-state index contributed by atoms with van der Waals surface area (Å²) in [6, 6.07) is 3.58. The number of hydrogen-bond acceptors (Lipinski definition) is 7. The van der Waals surface area contributed by atoms with E-state index in [1.807, 2.05) is 0 Å². The Morgan fingerprint density at radius 3 is 2.36 bits per heavy atom. The second kappa shape index (κ2) is 6.79. The molecule has 1 aromatic carbocycles. The first-order valence-corrected chi connectivity index (χ1v) is 6.27. The van der Waals surface area contributed by atoms with E-state index in [0.717, 1.165) is 12.1 Å². The number of nitrogens with zero attached hydrogens (tertiary/aromatic N) is 1. The van der Waals surface area contributed by atoms with E-state index in [0.29, 0.717) is 6.21 Å². The van der Waals surface area contributed by atoms with Crippen molar-refractivity contribution in [2.45, 2.75) is 32.5 Å². The molecule has 0 aliphatic carbocycles. The van der Waals surface area contributed by atoms with Crippen molar-refractivity contribution < 1.29 is 34.5 Å². The molecule has 3 N–H and O–H groups in total. The number of ether oxygens (including phenoxy) is 1. The summed E-state index contributed by atoms with van der Waals surface area (Å²) in [5.74, 6) is -3.01. The number of phenols is 2. The molecule has 0 aliphatic heterocycles. The number of carboxylic acids is 1. The van der Waals surface area contributed by atoms with E-state index in [9.17, 15) is 19.8 Å². The molecule has 0 bridgehead atoms. The van der Waals surface area contributed by atoms with Crippen molar-refractivity contribution in [1.82, 2.24) is 0 Å². The van der Waals surface area contributed by atoms with E-state index in [1.165, 1.54) is 6.07 Å². The second-order valence-corrected chi connectivity index (χ2v) is 5.34. The second-order valence-electron chi connectivity index (χ2n) is 5.34. The zero-order valence-corrected chi connectivity index (χ0v) is 12.3. The zero-order valence-electron chi connectivity index (χ0n) is 12.3. The summed E-state index contributed by atoms with van der Waals surface area (Å²) >= 11 is 0. The van der Waals surface area contributed by atoms with Gasteiger partial charge >= 0.3 is 11.9 Å². The van der Waals surface area contributed by atoms with Gasteiger partial charge in [0.25, 0.3) is 0 Å². The van der Waals surface area contributed by atoms with Crippen LogP contribution in [0, 0.1) is 0 Å². The SMILES string of the molecule is CC(C)(C)OC(=O)C(ON=CC(=O)O)c1ccc(O)c(O)c1. The predicted octanol–water partition coefficient (Wildman–Crippen LogP) is 1.57. The van der Waals surface area contributed by atoms with Gasteiger partial charge < -0.3 is 24.9 Å². The third-order valence-corrected chi connectivity index (χ3v) is 2.25. The van der Waals surface area contributed by atoms with Crippen LogP contribution in [0.25, 0.3) is 0 Å². The van der Waals surface area contributed by atoms with Gasteiger partial charge in [0.1, 0.15) is 5.60 Å². The maximum absolute atomic E-state index is 12.1. The van der Waals surface area contributed by atoms with Crippen LogP contribution >= 0.6 is 0 Å². The Morgan fingerprint density at radius 2 is 1.86 bits per heavy atom. The van der Waals surface area contributed by atoms with Gasteiger partial charge in [-0.15, -0.1) is 0 Å². The zero-order chi connectivity index (χ0) is 16.9. The fourth-order valence-electron chi connectivity index (χ4n) is 1.44. The monoisotopic (exact) mass is 311 g/mol. The van der Waals surface area contributed by atoms with Gasteiger partial charge in [-0.25, -0.2) is 9.59 Å². The molecule has 0 aromatic heterocycles. The van der Waals surface area contributed by atoms with Gasteiger partial charge in [-0.05, 0) is 32.9 Å². The van der Waals surface area contributed by atoms with Crippen LogP contribution < -0.4 is 0 Å². The molecular weight excluding hydrogens is 294 g/mol. The molecule has 0 fully saturated rings. The Bertz CT molecular complexity index is 589. The maximum Gasteiger partial charge on any atom is 0.355 e. The predicted molar refractivity (Wildman–Crippen MR) is 75.6 cm³/mol. The molecule has 0 saturated carbocycles. The van der Waals surface area contributed by atoms with Gasteiger partial charge in [0.05, 0.1) is 0 Å². The molecule has 0 saturated heterocycles. The fourth-order valence-corrected chi connectivity index (χ4v) is 1.44. The van der Waals surface area contributed by atoms with Crippen LogP contribution in [-0.2, 0) is 19.2 Å². The highest BCUT2D eigenvalue weighted by Gasteiger charge is 2.29. The van der Waals surface area contributed by atoms with E-state index in [-0.39, 0.29) is 11.3 Å². The Morgan fingerprint density at radius 1 is 1.23 bits per heavy atom. The number of aromatic hydroxyl groups is 2. The quantitative estimate of drug-likeness (QED) is 0.326. The number of phenolic OH excluding ortho intramolecular Hbond substituents is 2. The molecular formula is C14H17NO7. The number of benzene rings is 1. The number of aliphatic carboxylic acids is 1. The van der Waals surface area contributed by atoms with Crippen molar-refractivity contribution in [2.75, 3.05) is 0 Å². The molecule has 1 aromatic rings. The van der Waals surface area contributed by atoms with E-state index < -0.39 is 29.4 Å². The Balaban J connectivity index is 3.06. The van der Waals surface area contributed by atoms with Gasteiger partial charge in [-0.1, -0.05) is 11.2 Å². The van der Waals surface area contributed by atoms with Gasteiger partial charge in [0, 0.05) is 5.56 Å². The number of oxime groups is 1.